The average Bonchev–Trinajstić information content (AvgIpc) is 2.69. The Bertz CT molecular complexity index is 446. The summed E-state index contributed by atoms with van der Waals surface area (Å²) in [6, 6.07) is 0. The zero-order valence-corrected chi connectivity index (χ0v) is 26.1. The van der Waals surface area contributed by atoms with E-state index in [1.165, 1.54) is 89.9 Å². The van der Waals surface area contributed by atoms with Crippen molar-refractivity contribution >= 4 is 0 Å². The van der Waals surface area contributed by atoms with Gasteiger partial charge in [-0.15, -0.1) is 0 Å². The van der Waals surface area contributed by atoms with E-state index < -0.39 is 0 Å². The average molecular weight is 481 g/mol. The molecule has 0 amide bonds. The molecule has 0 aromatic carbocycles. The molecule has 0 bridgehead atoms. The van der Waals surface area contributed by atoms with Gasteiger partial charge in [0.25, 0.3) is 0 Å². The smallest absolute Gasteiger partial charge is 0.0300 e. The molecule has 0 saturated heterocycles. The van der Waals surface area contributed by atoms with Gasteiger partial charge in [-0.2, -0.15) is 0 Å². The van der Waals surface area contributed by atoms with Crippen LogP contribution in [0.4, 0.5) is 0 Å². The van der Waals surface area contributed by atoms with Gasteiger partial charge < -0.3 is 0 Å². The van der Waals surface area contributed by atoms with Crippen LogP contribution in [0.2, 0.25) is 0 Å². The third-order valence-corrected chi connectivity index (χ3v) is 8.23. The van der Waals surface area contributed by atoms with Crippen molar-refractivity contribution in [2.24, 2.45) is 22.7 Å². The van der Waals surface area contributed by atoms with Crippen LogP contribution in [0, 0.1) is 22.7 Å². The van der Waals surface area contributed by atoms with Gasteiger partial charge in [-0.1, -0.05) is 132 Å². The zero-order chi connectivity index (χ0) is 26.5. The molecule has 0 radical (unpaired) electrons. The van der Waals surface area contributed by atoms with Gasteiger partial charge in [0, 0.05) is 11.1 Å². The summed E-state index contributed by atoms with van der Waals surface area (Å²) < 4.78 is 0. The Kier molecular flexibility index (Phi) is 15.9. The van der Waals surface area contributed by atoms with Gasteiger partial charge in [0.2, 0.25) is 0 Å². The molecule has 0 rings (SSSR count). The Labute approximate surface area is 217 Å². The molecular formula is C32H68N2. The minimum atomic E-state index is 0.0432. The highest BCUT2D eigenvalue weighted by Crippen LogP contribution is 2.41. The van der Waals surface area contributed by atoms with Crippen LogP contribution in [0.5, 0.6) is 0 Å². The molecular weight excluding hydrogens is 412 g/mol. The number of hydrazine groups is 1. The Balaban J connectivity index is 5.07. The van der Waals surface area contributed by atoms with Crippen molar-refractivity contribution in [1.29, 1.82) is 0 Å². The van der Waals surface area contributed by atoms with Crippen LogP contribution in [0.25, 0.3) is 0 Å². The number of hydrogen-bond donors (Lipinski definition) is 2. The first-order chi connectivity index (χ1) is 15.6. The third-order valence-electron chi connectivity index (χ3n) is 8.23. The second kappa shape index (κ2) is 15.9. The summed E-state index contributed by atoms with van der Waals surface area (Å²) >= 11 is 0. The van der Waals surface area contributed by atoms with Crippen molar-refractivity contribution in [1.82, 2.24) is 10.9 Å². The summed E-state index contributed by atoms with van der Waals surface area (Å²) in [4.78, 5) is 0. The van der Waals surface area contributed by atoms with Gasteiger partial charge in [-0.3, -0.25) is 10.9 Å². The van der Waals surface area contributed by atoms with E-state index in [0.717, 1.165) is 0 Å². The molecule has 0 heterocycles. The molecule has 0 aromatic rings. The maximum Gasteiger partial charge on any atom is 0.0300 e. The molecule has 34 heavy (non-hydrogen) atoms. The Morgan fingerprint density at radius 1 is 0.412 bits per heavy atom. The van der Waals surface area contributed by atoms with Gasteiger partial charge in [-0.25, -0.2) is 0 Å². The number of unbranched alkanes of at least 4 members (excludes halogenated alkanes) is 10. The lowest BCUT2D eigenvalue weighted by molar-refractivity contribution is 0.0470. The first-order valence-corrected chi connectivity index (χ1v) is 15.1. The monoisotopic (exact) mass is 481 g/mol. The van der Waals surface area contributed by atoms with Gasteiger partial charge >= 0.3 is 0 Å². The largest absolute Gasteiger partial charge is 0.251 e. The normalized spacial score (nSPS) is 15.5. The van der Waals surface area contributed by atoms with E-state index >= 15 is 0 Å². The second-order valence-electron chi connectivity index (χ2n) is 14.6. The fourth-order valence-corrected chi connectivity index (χ4v) is 6.51. The lowest BCUT2D eigenvalue weighted by atomic mass is 9.67. The van der Waals surface area contributed by atoms with Crippen molar-refractivity contribution in [2.75, 3.05) is 0 Å². The van der Waals surface area contributed by atoms with E-state index in [0.29, 0.717) is 11.8 Å². The highest BCUT2D eigenvalue weighted by Gasteiger charge is 2.41. The fraction of sp³-hybridized carbons (Fsp3) is 1.00. The van der Waals surface area contributed by atoms with Gasteiger partial charge in [0.15, 0.2) is 0 Å². The highest BCUT2D eigenvalue weighted by atomic mass is 15.4. The molecule has 0 fully saturated rings. The van der Waals surface area contributed by atoms with Gasteiger partial charge in [-0.05, 0) is 63.2 Å². The van der Waals surface area contributed by atoms with Crippen molar-refractivity contribution in [2.45, 2.75) is 184 Å². The van der Waals surface area contributed by atoms with E-state index in [1.54, 1.807) is 0 Å². The minimum Gasteiger partial charge on any atom is -0.251 e. The predicted molar refractivity (Wildman–Crippen MR) is 156 cm³/mol. The molecule has 0 aromatic heterocycles. The van der Waals surface area contributed by atoms with E-state index in [9.17, 15) is 0 Å². The van der Waals surface area contributed by atoms with Crippen molar-refractivity contribution in [3.63, 3.8) is 0 Å². The van der Waals surface area contributed by atoms with Crippen molar-refractivity contribution in [3.8, 4) is 0 Å². The standard InChI is InChI=1S/C32H68N2/c1-13-15-17-19-21-23-25-27(29(3,4)5)31(9,10)33-34-32(11,12)28(30(6,7)8)26-24-22-20-18-16-14-2/h27-28,33-34H,13-26H2,1-12H3. The minimum absolute atomic E-state index is 0.0432. The molecule has 0 spiro atoms. The van der Waals surface area contributed by atoms with Crippen LogP contribution in [0.15, 0.2) is 0 Å². The van der Waals surface area contributed by atoms with E-state index in [1.807, 2.05) is 0 Å². The summed E-state index contributed by atoms with van der Waals surface area (Å²) in [5.41, 5.74) is 8.43. The summed E-state index contributed by atoms with van der Waals surface area (Å²) in [7, 11) is 0. The molecule has 0 aliphatic rings. The van der Waals surface area contributed by atoms with E-state index in [4.69, 9.17) is 0 Å². The molecule has 2 N–H and O–H groups in total. The third kappa shape index (κ3) is 13.9. The van der Waals surface area contributed by atoms with Crippen molar-refractivity contribution < 1.29 is 0 Å². The maximum absolute atomic E-state index is 3.89. The van der Waals surface area contributed by atoms with Crippen LogP contribution in [0.3, 0.4) is 0 Å². The predicted octanol–water partition coefficient (Wildman–Crippen LogP) is 10.5. The molecule has 2 atom stereocenters. The lowest BCUT2D eigenvalue weighted by Crippen LogP contribution is -2.64. The number of hydrogen-bond acceptors (Lipinski definition) is 2. The maximum atomic E-state index is 3.89. The SMILES string of the molecule is CCCCCCCCC(C(C)(C)C)C(C)(C)NNC(C)(C)C(CCCCCCCC)C(C)(C)C. The fourth-order valence-electron chi connectivity index (χ4n) is 6.51. The molecule has 0 aliphatic carbocycles. The summed E-state index contributed by atoms with van der Waals surface area (Å²) in [6.07, 6.45) is 19.1. The highest BCUT2D eigenvalue weighted by molar-refractivity contribution is 4.96. The van der Waals surface area contributed by atoms with E-state index in [-0.39, 0.29) is 21.9 Å². The summed E-state index contributed by atoms with van der Waals surface area (Å²) in [5.74, 6) is 1.25. The van der Waals surface area contributed by atoms with E-state index in [2.05, 4.69) is 93.9 Å². The summed E-state index contributed by atoms with van der Waals surface area (Å²) in [6.45, 7) is 28.9. The number of nitrogens with one attached hydrogen (secondary N) is 2. The summed E-state index contributed by atoms with van der Waals surface area (Å²) in [5, 5.41) is 0. The van der Waals surface area contributed by atoms with Crippen LogP contribution in [-0.4, -0.2) is 11.1 Å². The second-order valence-corrected chi connectivity index (χ2v) is 14.6. The van der Waals surface area contributed by atoms with Crippen LogP contribution in [-0.2, 0) is 0 Å². The van der Waals surface area contributed by atoms with Gasteiger partial charge in [0.1, 0.15) is 0 Å². The first kappa shape index (κ1) is 33.9. The molecule has 2 heteroatoms. The lowest BCUT2D eigenvalue weighted by Gasteiger charge is -2.49. The van der Waals surface area contributed by atoms with Crippen LogP contribution >= 0.6 is 0 Å². The Hall–Kier alpha value is -0.0800. The quantitative estimate of drug-likeness (QED) is 0.142. The topological polar surface area (TPSA) is 24.1 Å². The van der Waals surface area contributed by atoms with Crippen LogP contribution in [0.1, 0.15) is 173 Å². The molecule has 2 nitrogen and oxygen atoms in total. The Morgan fingerprint density at radius 3 is 0.941 bits per heavy atom. The first-order valence-electron chi connectivity index (χ1n) is 15.1. The van der Waals surface area contributed by atoms with Crippen LogP contribution < -0.4 is 10.9 Å². The van der Waals surface area contributed by atoms with Crippen molar-refractivity contribution in [3.05, 3.63) is 0 Å². The molecule has 0 aliphatic heterocycles. The molecule has 206 valence electrons. The number of rotatable bonds is 19. The van der Waals surface area contributed by atoms with Gasteiger partial charge in [0.05, 0.1) is 0 Å². The molecule has 0 saturated carbocycles. The Morgan fingerprint density at radius 2 is 0.676 bits per heavy atom. The molecule has 2 unspecified atom stereocenters. The zero-order valence-electron chi connectivity index (χ0n) is 26.1.